The Morgan fingerprint density at radius 2 is 1.64 bits per heavy atom. The minimum atomic E-state index is 1.02. The van der Waals surface area contributed by atoms with Crippen molar-refractivity contribution in [2.24, 2.45) is 0 Å². The second kappa shape index (κ2) is 8.96. The molecule has 0 heteroatoms. The molecule has 0 heterocycles. The lowest BCUT2D eigenvalue weighted by atomic mass is 10.1. The Morgan fingerprint density at radius 1 is 1.18 bits per heavy atom. The summed E-state index contributed by atoms with van der Waals surface area (Å²) in [4.78, 5) is 0. The first kappa shape index (κ1) is 12.6. The van der Waals surface area contributed by atoms with Gasteiger partial charge in [-0.25, -0.2) is 0 Å². The van der Waals surface area contributed by atoms with Gasteiger partial charge in [0.25, 0.3) is 0 Å². The third kappa shape index (κ3) is 6.85. The maximum Gasteiger partial charge on any atom is -0.0239 e. The topological polar surface area (TPSA) is 0 Å². The molecule has 0 aromatic heterocycles. The summed E-state index contributed by atoms with van der Waals surface area (Å²) in [5, 5.41) is 0. The zero-order chi connectivity index (χ0) is 9.28. The first-order chi connectivity index (χ1) is 5.22. The van der Waals surface area contributed by atoms with Crippen LogP contribution in [0.5, 0.6) is 0 Å². The van der Waals surface area contributed by atoms with E-state index in [9.17, 15) is 0 Å². The summed E-state index contributed by atoms with van der Waals surface area (Å²) >= 11 is 0. The van der Waals surface area contributed by atoms with Crippen LogP contribution in [-0.4, -0.2) is 0 Å². The van der Waals surface area contributed by atoms with Crippen LogP contribution in [0.3, 0.4) is 0 Å². The maximum atomic E-state index is 3.76. The Kier molecular flexibility index (Phi) is 10.3. The van der Waals surface area contributed by atoms with E-state index in [2.05, 4.69) is 19.7 Å². The van der Waals surface area contributed by atoms with E-state index in [0.29, 0.717) is 0 Å². The van der Waals surface area contributed by atoms with Gasteiger partial charge in [-0.15, -0.1) is 0 Å². The highest BCUT2D eigenvalue weighted by Crippen LogP contribution is 2.06. The van der Waals surface area contributed by atoms with Crippen LogP contribution in [0.4, 0.5) is 0 Å². The fourth-order valence-electron chi connectivity index (χ4n) is 0.511. The molecule has 62 valence electrons. The van der Waals surface area contributed by atoms with Crippen LogP contribution in [0.25, 0.3) is 0 Å². The molecule has 0 atom stereocenters. The molecule has 0 aliphatic heterocycles. The number of hydrogen-bond acceptors (Lipinski definition) is 0. The minimum absolute atomic E-state index is 1.02. The second-order valence-corrected chi connectivity index (χ2v) is 1.84. The largest absolute Gasteiger partial charge is 0.0990 e. The molecular weight excluding hydrogens is 132 g/mol. The van der Waals surface area contributed by atoms with Crippen molar-refractivity contribution in [3.63, 3.8) is 0 Å². The fourth-order valence-corrected chi connectivity index (χ4v) is 0.511. The third-order valence-corrected chi connectivity index (χ3v) is 1.01. The lowest BCUT2D eigenvalue weighted by molar-refractivity contribution is 1.46. The molecule has 0 fully saturated rings. The molecule has 0 aromatic rings. The molecule has 0 radical (unpaired) electrons. The highest BCUT2D eigenvalue weighted by molar-refractivity contribution is 5.37. The van der Waals surface area contributed by atoms with Gasteiger partial charge in [-0.05, 0) is 12.5 Å². The molecule has 11 heavy (non-hydrogen) atoms. The average molecular weight is 150 g/mol. The van der Waals surface area contributed by atoms with E-state index in [-0.39, 0.29) is 0 Å². The van der Waals surface area contributed by atoms with E-state index < -0.39 is 0 Å². The summed E-state index contributed by atoms with van der Waals surface area (Å²) in [6, 6.07) is 0. The van der Waals surface area contributed by atoms with Crippen molar-refractivity contribution in [2.75, 3.05) is 0 Å². The van der Waals surface area contributed by atoms with Gasteiger partial charge < -0.3 is 0 Å². The summed E-state index contributed by atoms with van der Waals surface area (Å²) in [5.74, 6) is 0. The molecule has 0 spiro atoms. The van der Waals surface area contributed by atoms with E-state index in [1.807, 2.05) is 26.8 Å². The van der Waals surface area contributed by atoms with Gasteiger partial charge in [0.05, 0.1) is 0 Å². The van der Waals surface area contributed by atoms with Gasteiger partial charge in [0.15, 0.2) is 0 Å². The predicted molar refractivity (Wildman–Crippen MR) is 54.6 cm³/mol. The number of rotatable bonds is 3. The average Bonchev–Trinajstić information content (AvgIpc) is 2.03. The van der Waals surface area contributed by atoms with Crippen molar-refractivity contribution in [3.05, 3.63) is 49.1 Å². The van der Waals surface area contributed by atoms with E-state index in [1.54, 1.807) is 12.2 Å². The number of hydrogen-bond donors (Lipinski definition) is 0. The molecule has 0 unspecified atom stereocenters. The summed E-state index contributed by atoms with van der Waals surface area (Å²) in [6.07, 6.45) is 5.38. The van der Waals surface area contributed by atoms with E-state index in [0.717, 1.165) is 11.1 Å². The molecule has 0 aliphatic carbocycles. The first-order valence-electron chi connectivity index (χ1n) is 3.83. The third-order valence-electron chi connectivity index (χ3n) is 1.01. The molecule has 0 nitrogen and oxygen atoms in total. The molecule has 0 rings (SSSR count). The molecule has 0 bridgehead atoms. The Bertz CT molecular complexity index is 159. The van der Waals surface area contributed by atoms with Crippen molar-refractivity contribution in [2.45, 2.75) is 20.8 Å². The van der Waals surface area contributed by atoms with Crippen molar-refractivity contribution >= 4 is 0 Å². The van der Waals surface area contributed by atoms with Gasteiger partial charge in [-0.1, -0.05) is 57.4 Å². The van der Waals surface area contributed by atoms with Crippen LogP contribution in [-0.2, 0) is 0 Å². The molecule has 0 aliphatic rings. The molecule has 0 saturated carbocycles. The molecule has 0 N–H and O–H groups in total. The molecular formula is C11H18. The summed E-state index contributed by atoms with van der Waals surface area (Å²) < 4.78 is 0. The highest BCUT2D eigenvalue weighted by Gasteiger charge is 1.86. The van der Waals surface area contributed by atoms with Gasteiger partial charge in [0.2, 0.25) is 0 Å². The predicted octanol–water partition coefficient (Wildman–Crippen LogP) is 3.89. The van der Waals surface area contributed by atoms with Crippen LogP contribution in [0.15, 0.2) is 49.1 Å². The van der Waals surface area contributed by atoms with Crippen LogP contribution in [0, 0.1) is 0 Å². The lowest BCUT2D eigenvalue weighted by Gasteiger charge is -1.95. The maximum absolute atomic E-state index is 3.76. The quantitative estimate of drug-likeness (QED) is 0.535. The Labute approximate surface area is 70.6 Å². The van der Waals surface area contributed by atoms with Gasteiger partial charge in [-0.3, -0.25) is 0 Å². The Balaban J connectivity index is 0. The number of allylic oxidation sites excluding steroid dienone is 5. The van der Waals surface area contributed by atoms with Gasteiger partial charge in [0, 0.05) is 0 Å². The first-order valence-corrected chi connectivity index (χ1v) is 3.83. The summed E-state index contributed by atoms with van der Waals surface area (Å²) in [6.45, 7) is 16.9. The Hall–Kier alpha value is -1.04. The fraction of sp³-hybridized carbons (Fsp3) is 0.273. The highest BCUT2D eigenvalue weighted by atomic mass is 13.9. The molecule has 0 aromatic carbocycles. The van der Waals surface area contributed by atoms with Crippen LogP contribution < -0.4 is 0 Å². The van der Waals surface area contributed by atoms with Crippen molar-refractivity contribution in [3.8, 4) is 0 Å². The van der Waals surface area contributed by atoms with E-state index in [4.69, 9.17) is 0 Å². The van der Waals surface area contributed by atoms with Crippen LogP contribution >= 0.6 is 0 Å². The van der Waals surface area contributed by atoms with Crippen molar-refractivity contribution in [1.82, 2.24) is 0 Å². The standard InChI is InChI=1S/C9H12.C2H6/c1-5-7-9(6-2)8(3)4;1-2/h5-7H,1-3H2,4H3;1-2H3/b9-7+;. The summed E-state index contributed by atoms with van der Waals surface area (Å²) in [5.41, 5.74) is 2.06. The second-order valence-electron chi connectivity index (χ2n) is 1.84. The van der Waals surface area contributed by atoms with Crippen LogP contribution in [0.1, 0.15) is 20.8 Å². The van der Waals surface area contributed by atoms with Crippen molar-refractivity contribution in [1.29, 1.82) is 0 Å². The van der Waals surface area contributed by atoms with Gasteiger partial charge >= 0.3 is 0 Å². The zero-order valence-electron chi connectivity index (χ0n) is 7.85. The normalized spacial score (nSPS) is 9.18. The van der Waals surface area contributed by atoms with Gasteiger partial charge in [0.1, 0.15) is 0 Å². The molecule has 0 amide bonds. The Morgan fingerprint density at radius 3 is 1.73 bits per heavy atom. The lowest BCUT2D eigenvalue weighted by Crippen LogP contribution is -1.74. The van der Waals surface area contributed by atoms with E-state index >= 15 is 0 Å². The van der Waals surface area contributed by atoms with Crippen LogP contribution in [0.2, 0.25) is 0 Å². The SMILES string of the molecule is C=C/C=C(\C=C)C(=C)C.CC. The monoisotopic (exact) mass is 150 g/mol. The smallest absolute Gasteiger partial charge is 0.0239 e. The van der Waals surface area contributed by atoms with E-state index in [1.165, 1.54) is 0 Å². The molecule has 0 saturated heterocycles. The zero-order valence-corrected chi connectivity index (χ0v) is 7.85. The minimum Gasteiger partial charge on any atom is -0.0990 e. The summed E-state index contributed by atoms with van der Waals surface area (Å²) in [7, 11) is 0. The van der Waals surface area contributed by atoms with Gasteiger partial charge in [-0.2, -0.15) is 0 Å². The van der Waals surface area contributed by atoms with Crippen molar-refractivity contribution < 1.29 is 0 Å².